The normalized spacial score (nSPS) is 17.0. The zero-order chi connectivity index (χ0) is 19.5. The topological polar surface area (TPSA) is 83.0 Å². The maximum atomic E-state index is 12.3. The molecule has 0 spiro atoms. The molecule has 0 heterocycles. The summed E-state index contributed by atoms with van der Waals surface area (Å²) >= 11 is 0. The van der Waals surface area contributed by atoms with Gasteiger partial charge in [-0.25, -0.2) is 12.7 Å². The largest absolute Gasteiger partial charge is 0.385 e. The highest BCUT2D eigenvalue weighted by atomic mass is 127. The van der Waals surface area contributed by atoms with Gasteiger partial charge in [-0.15, -0.1) is 24.0 Å². The van der Waals surface area contributed by atoms with Crippen molar-refractivity contribution >= 4 is 40.0 Å². The van der Waals surface area contributed by atoms with Crippen LogP contribution in [-0.2, 0) is 14.8 Å². The molecular weight excluding hydrogens is 479 g/mol. The first-order valence-electron chi connectivity index (χ1n) is 9.92. The van der Waals surface area contributed by atoms with Gasteiger partial charge in [0.2, 0.25) is 10.0 Å². The molecule has 1 saturated carbocycles. The Morgan fingerprint density at radius 2 is 1.78 bits per heavy atom. The minimum Gasteiger partial charge on any atom is -0.385 e. The molecule has 1 fully saturated rings. The van der Waals surface area contributed by atoms with Gasteiger partial charge in [0.15, 0.2) is 5.96 Å². The Kier molecular flexibility index (Phi) is 13.9. The zero-order valence-electron chi connectivity index (χ0n) is 17.4. The highest BCUT2D eigenvalue weighted by molar-refractivity contribution is 14.0. The Morgan fingerprint density at radius 1 is 1.15 bits per heavy atom. The van der Waals surface area contributed by atoms with Crippen molar-refractivity contribution in [2.24, 2.45) is 10.4 Å². The smallest absolute Gasteiger partial charge is 0.215 e. The van der Waals surface area contributed by atoms with E-state index >= 15 is 0 Å². The standard InChI is InChI=1S/C18H38N4O3S.HI/c1-5-19-17(20-13-15-26(23,24)22(6-2)7-3)21-16-18(12-14-25-4)10-8-9-11-18;/h5-16H2,1-4H3,(H2,19,20,21);1H. The van der Waals surface area contributed by atoms with Crippen LogP contribution in [0.15, 0.2) is 4.99 Å². The lowest BCUT2D eigenvalue weighted by molar-refractivity contribution is 0.141. The van der Waals surface area contributed by atoms with Crippen molar-refractivity contribution in [1.82, 2.24) is 14.9 Å². The minimum atomic E-state index is -3.22. The molecule has 0 unspecified atom stereocenters. The van der Waals surface area contributed by atoms with Crippen molar-refractivity contribution < 1.29 is 13.2 Å². The van der Waals surface area contributed by atoms with Gasteiger partial charge >= 0.3 is 0 Å². The summed E-state index contributed by atoms with van der Waals surface area (Å²) in [7, 11) is -1.47. The molecule has 1 aliphatic carbocycles. The van der Waals surface area contributed by atoms with E-state index in [2.05, 4.69) is 10.6 Å². The van der Waals surface area contributed by atoms with Crippen LogP contribution in [0.5, 0.6) is 0 Å². The average molecular weight is 519 g/mol. The van der Waals surface area contributed by atoms with Gasteiger partial charge in [-0.1, -0.05) is 26.7 Å². The molecule has 0 aromatic carbocycles. The molecule has 27 heavy (non-hydrogen) atoms. The number of sulfonamides is 1. The first-order chi connectivity index (χ1) is 12.4. The third kappa shape index (κ3) is 9.27. The monoisotopic (exact) mass is 518 g/mol. The van der Waals surface area contributed by atoms with E-state index in [4.69, 9.17) is 9.73 Å². The number of halogens is 1. The Hall–Kier alpha value is -0.130. The molecular formula is C18H39IN4O3S. The molecule has 9 heteroatoms. The second kappa shape index (κ2) is 13.9. The Bertz CT molecular complexity index is 519. The van der Waals surface area contributed by atoms with Gasteiger partial charge in [0, 0.05) is 46.4 Å². The number of methoxy groups -OCH3 is 1. The molecule has 7 nitrogen and oxygen atoms in total. The van der Waals surface area contributed by atoms with Crippen molar-refractivity contribution in [2.45, 2.75) is 52.9 Å². The van der Waals surface area contributed by atoms with Gasteiger partial charge in [0.1, 0.15) is 0 Å². The van der Waals surface area contributed by atoms with Gasteiger partial charge in [0.05, 0.1) is 5.75 Å². The van der Waals surface area contributed by atoms with E-state index in [-0.39, 0.29) is 35.1 Å². The second-order valence-electron chi connectivity index (χ2n) is 6.97. The zero-order valence-corrected chi connectivity index (χ0v) is 20.6. The van der Waals surface area contributed by atoms with Crippen LogP contribution in [0.2, 0.25) is 0 Å². The molecule has 0 bridgehead atoms. The molecule has 1 aliphatic rings. The molecule has 0 aliphatic heterocycles. The van der Waals surface area contributed by atoms with E-state index in [0.717, 1.165) is 26.1 Å². The molecule has 0 aromatic rings. The van der Waals surface area contributed by atoms with Crippen LogP contribution in [0.4, 0.5) is 0 Å². The summed E-state index contributed by atoms with van der Waals surface area (Å²) in [6.45, 7) is 9.39. The Morgan fingerprint density at radius 3 is 2.30 bits per heavy atom. The molecule has 0 radical (unpaired) electrons. The Labute approximate surface area is 183 Å². The summed E-state index contributed by atoms with van der Waals surface area (Å²) in [5.74, 6) is 0.777. The predicted octanol–water partition coefficient (Wildman–Crippen LogP) is 2.43. The highest BCUT2D eigenvalue weighted by Crippen LogP contribution is 2.41. The van der Waals surface area contributed by atoms with Gasteiger partial charge in [0.25, 0.3) is 0 Å². The first kappa shape index (κ1) is 26.9. The lowest BCUT2D eigenvalue weighted by Crippen LogP contribution is -2.42. The van der Waals surface area contributed by atoms with Gasteiger partial charge < -0.3 is 15.4 Å². The van der Waals surface area contributed by atoms with E-state index < -0.39 is 10.0 Å². The second-order valence-corrected chi connectivity index (χ2v) is 9.06. The SMILES string of the molecule is CCNC(=NCC1(CCOC)CCCC1)NCCS(=O)(=O)N(CC)CC.I. The molecule has 162 valence electrons. The lowest BCUT2D eigenvalue weighted by atomic mass is 9.83. The van der Waals surface area contributed by atoms with E-state index in [9.17, 15) is 8.42 Å². The average Bonchev–Trinajstić information content (AvgIpc) is 3.08. The van der Waals surface area contributed by atoms with Crippen molar-refractivity contribution in [2.75, 3.05) is 52.2 Å². The van der Waals surface area contributed by atoms with Crippen molar-refractivity contribution in [1.29, 1.82) is 0 Å². The molecule has 0 aromatic heterocycles. The van der Waals surface area contributed by atoms with Crippen LogP contribution in [-0.4, -0.2) is 70.9 Å². The summed E-state index contributed by atoms with van der Waals surface area (Å²) < 4.78 is 31.3. The summed E-state index contributed by atoms with van der Waals surface area (Å²) in [5.41, 5.74) is 0.228. The van der Waals surface area contributed by atoms with Crippen LogP contribution in [0.3, 0.4) is 0 Å². The predicted molar refractivity (Wildman–Crippen MR) is 123 cm³/mol. The van der Waals surface area contributed by atoms with Gasteiger partial charge in [-0.3, -0.25) is 4.99 Å². The number of ether oxygens (including phenoxy) is 1. The number of guanidine groups is 1. The van der Waals surface area contributed by atoms with Crippen molar-refractivity contribution in [3.8, 4) is 0 Å². The number of aliphatic imine (C=N–C) groups is 1. The van der Waals surface area contributed by atoms with E-state index in [0.29, 0.717) is 25.6 Å². The summed E-state index contributed by atoms with van der Waals surface area (Å²) in [4.78, 5) is 4.76. The van der Waals surface area contributed by atoms with Crippen molar-refractivity contribution in [3.05, 3.63) is 0 Å². The lowest BCUT2D eigenvalue weighted by Gasteiger charge is -2.27. The van der Waals surface area contributed by atoms with Crippen LogP contribution in [0.25, 0.3) is 0 Å². The van der Waals surface area contributed by atoms with Crippen LogP contribution >= 0.6 is 24.0 Å². The van der Waals surface area contributed by atoms with E-state index in [1.165, 1.54) is 30.0 Å². The summed E-state index contributed by atoms with van der Waals surface area (Å²) in [5, 5.41) is 6.40. The van der Waals surface area contributed by atoms with Crippen LogP contribution < -0.4 is 10.6 Å². The quantitative estimate of drug-likeness (QED) is 0.236. The number of rotatable bonds is 12. The number of nitrogens with one attached hydrogen (secondary N) is 2. The van der Waals surface area contributed by atoms with Gasteiger partial charge in [-0.05, 0) is 31.6 Å². The fraction of sp³-hybridized carbons (Fsp3) is 0.944. The first-order valence-corrected chi connectivity index (χ1v) is 11.5. The highest BCUT2D eigenvalue weighted by Gasteiger charge is 2.33. The fourth-order valence-electron chi connectivity index (χ4n) is 3.56. The third-order valence-corrected chi connectivity index (χ3v) is 7.19. The molecule has 0 saturated heterocycles. The third-order valence-electron chi connectivity index (χ3n) is 5.17. The summed E-state index contributed by atoms with van der Waals surface area (Å²) in [6, 6.07) is 0. The maximum absolute atomic E-state index is 12.3. The maximum Gasteiger partial charge on any atom is 0.215 e. The molecule has 0 amide bonds. The molecule has 2 N–H and O–H groups in total. The molecule has 1 rings (SSSR count). The fourth-order valence-corrected chi connectivity index (χ4v) is 4.97. The number of hydrogen-bond donors (Lipinski definition) is 2. The Balaban J connectivity index is 0.00000676. The van der Waals surface area contributed by atoms with Crippen LogP contribution in [0, 0.1) is 5.41 Å². The summed E-state index contributed by atoms with van der Waals surface area (Å²) in [6.07, 6.45) is 5.92. The molecule has 0 atom stereocenters. The number of nitrogens with zero attached hydrogens (tertiary/aromatic N) is 2. The minimum absolute atomic E-state index is 0. The van der Waals surface area contributed by atoms with Crippen LogP contribution in [0.1, 0.15) is 52.9 Å². The van der Waals surface area contributed by atoms with Crippen molar-refractivity contribution in [3.63, 3.8) is 0 Å². The van der Waals surface area contributed by atoms with Gasteiger partial charge in [-0.2, -0.15) is 0 Å². The van der Waals surface area contributed by atoms with E-state index in [1.54, 1.807) is 7.11 Å². The number of hydrogen-bond acceptors (Lipinski definition) is 4. The van der Waals surface area contributed by atoms with E-state index in [1.807, 2.05) is 20.8 Å².